The van der Waals surface area contributed by atoms with Crippen molar-refractivity contribution in [2.24, 2.45) is 5.92 Å². The number of aryl methyl sites for hydroxylation is 1. The van der Waals surface area contributed by atoms with E-state index in [1.807, 2.05) is 25.4 Å². The third-order valence-corrected chi connectivity index (χ3v) is 4.10. The lowest BCUT2D eigenvalue weighted by Crippen LogP contribution is -2.32. The zero-order chi connectivity index (χ0) is 13.5. The average molecular weight is 270 g/mol. The lowest BCUT2D eigenvalue weighted by molar-refractivity contribution is -0.0298. The summed E-state index contributed by atoms with van der Waals surface area (Å²) in [6.07, 6.45) is 7.57. The molecule has 5 heteroatoms. The van der Waals surface area contributed by atoms with Crippen molar-refractivity contribution >= 4 is 0 Å². The average Bonchev–Trinajstić information content (AvgIpc) is 3.10. The monoisotopic (exact) mass is 270 g/mol. The van der Waals surface area contributed by atoms with E-state index in [0.717, 1.165) is 42.6 Å². The summed E-state index contributed by atoms with van der Waals surface area (Å²) in [5.41, 5.74) is 3.47. The highest BCUT2D eigenvalue weighted by atomic mass is 16.5. The summed E-state index contributed by atoms with van der Waals surface area (Å²) in [7, 11) is 0. The Hall–Kier alpha value is -1.75. The van der Waals surface area contributed by atoms with E-state index in [9.17, 15) is 0 Å². The van der Waals surface area contributed by atoms with Crippen molar-refractivity contribution in [3.8, 4) is 11.3 Å². The fourth-order valence-electron chi connectivity index (χ4n) is 2.69. The molecular formula is C15H18N4O. The van der Waals surface area contributed by atoms with Gasteiger partial charge >= 0.3 is 0 Å². The SMILES string of the molecule is Cc1nccc(-c2cnn(C3COC3)c2CC2CC2)n1. The number of nitrogens with zero attached hydrogens (tertiary/aromatic N) is 4. The van der Waals surface area contributed by atoms with E-state index >= 15 is 0 Å². The standard InChI is InChI=1S/C15H18N4O/c1-10-16-5-4-14(18-10)13-7-17-19(12-8-20-9-12)15(13)6-11-2-3-11/h4-5,7,11-12H,2-3,6,8-9H2,1H3. The molecule has 2 aliphatic rings. The Morgan fingerprint density at radius 3 is 2.85 bits per heavy atom. The molecule has 5 nitrogen and oxygen atoms in total. The predicted molar refractivity (Wildman–Crippen MR) is 74.3 cm³/mol. The second-order valence-corrected chi connectivity index (χ2v) is 5.78. The fourth-order valence-corrected chi connectivity index (χ4v) is 2.69. The van der Waals surface area contributed by atoms with Gasteiger partial charge < -0.3 is 4.74 Å². The van der Waals surface area contributed by atoms with Gasteiger partial charge in [-0.2, -0.15) is 5.10 Å². The molecule has 0 bridgehead atoms. The first-order valence-corrected chi connectivity index (χ1v) is 7.25. The highest BCUT2D eigenvalue weighted by Gasteiger charge is 2.30. The van der Waals surface area contributed by atoms with Gasteiger partial charge in [0.05, 0.1) is 31.1 Å². The van der Waals surface area contributed by atoms with Crippen LogP contribution in [0.1, 0.15) is 30.4 Å². The quantitative estimate of drug-likeness (QED) is 0.854. The molecule has 0 radical (unpaired) electrons. The van der Waals surface area contributed by atoms with Gasteiger partial charge in [-0.05, 0) is 38.2 Å². The largest absolute Gasteiger partial charge is 0.377 e. The lowest BCUT2D eigenvalue weighted by Gasteiger charge is -2.28. The zero-order valence-electron chi connectivity index (χ0n) is 11.6. The number of hydrogen-bond donors (Lipinski definition) is 0. The molecular weight excluding hydrogens is 252 g/mol. The van der Waals surface area contributed by atoms with Crippen LogP contribution in [0, 0.1) is 12.8 Å². The maximum absolute atomic E-state index is 5.31. The van der Waals surface area contributed by atoms with Crippen LogP contribution in [0.2, 0.25) is 0 Å². The van der Waals surface area contributed by atoms with Crippen LogP contribution in [0.3, 0.4) is 0 Å². The van der Waals surface area contributed by atoms with E-state index in [-0.39, 0.29) is 0 Å². The van der Waals surface area contributed by atoms with Gasteiger partial charge in [0.2, 0.25) is 0 Å². The molecule has 0 amide bonds. The van der Waals surface area contributed by atoms with E-state index in [1.54, 1.807) is 0 Å². The minimum atomic E-state index is 0.403. The molecule has 0 atom stereocenters. The van der Waals surface area contributed by atoms with Gasteiger partial charge in [0.15, 0.2) is 0 Å². The van der Waals surface area contributed by atoms with Gasteiger partial charge in [-0.15, -0.1) is 0 Å². The third-order valence-electron chi connectivity index (χ3n) is 4.10. The van der Waals surface area contributed by atoms with Crippen molar-refractivity contribution in [2.45, 2.75) is 32.2 Å². The molecule has 0 N–H and O–H groups in total. The van der Waals surface area contributed by atoms with Crippen molar-refractivity contribution in [3.05, 3.63) is 30.0 Å². The van der Waals surface area contributed by atoms with Crippen LogP contribution in [-0.4, -0.2) is 33.0 Å². The minimum absolute atomic E-state index is 0.403. The topological polar surface area (TPSA) is 52.8 Å². The van der Waals surface area contributed by atoms with Crippen molar-refractivity contribution in [1.82, 2.24) is 19.7 Å². The molecule has 1 saturated carbocycles. The summed E-state index contributed by atoms with van der Waals surface area (Å²) in [5, 5.41) is 4.60. The molecule has 1 saturated heterocycles. The van der Waals surface area contributed by atoms with E-state index < -0.39 is 0 Å². The zero-order valence-corrected chi connectivity index (χ0v) is 11.6. The summed E-state index contributed by atoms with van der Waals surface area (Å²) >= 11 is 0. The number of hydrogen-bond acceptors (Lipinski definition) is 4. The Labute approximate surface area is 118 Å². The van der Waals surface area contributed by atoms with Crippen LogP contribution in [0.25, 0.3) is 11.3 Å². The summed E-state index contributed by atoms with van der Waals surface area (Å²) in [5.74, 6) is 1.63. The molecule has 1 aliphatic carbocycles. The Bertz CT molecular complexity index is 629. The summed E-state index contributed by atoms with van der Waals surface area (Å²) < 4.78 is 7.47. The van der Waals surface area contributed by atoms with E-state index in [2.05, 4.69) is 19.7 Å². The number of ether oxygens (including phenoxy) is 1. The smallest absolute Gasteiger partial charge is 0.125 e. The molecule has 0 aromatic carbocycles. The highest BCUT2D eigenvalue weighted by Crippen LogP contribution is 2.36. The summed E-state index contributed by atoms with van der Waals surface area (Å²) in [4.78, 5) is 8.73. The molecule has 2 aromatic heterocycles. The van der Waals surface area contributed by atoms with E-state index in [1.165, 1.54) is 18.5 Å². The Balaban J connectivity index is 1.75. The normalized spacial score (nSPS) is 19.1. The van der Waals surface area contributed by atoms with Gasteiger partial charge in [-0.3, -0.25) is 4.68 Å². The summed E-state index contributed by atoms with van der Waals surface area (Å²) in [6.45, 7) is 3.48. The molecule has 104 valence electrons. The van der Waals surface area contributed by atoms with Gasteiger partial charge in [-0.25, -0.2) is 9.97 Å². The first-order valence-electron chi connectivity index (χ1n) is 7.25. The van der Waals surface area contributed by atoms with Crippen molar-refractivity contribution in [3.63, 3.8) is 0 Å². The minimum Gasteiger partial charge on any atom is -0.377 e. The maximum Gasteiger partial charge on any atom is 0.125 e. The number of aromatic nitrogens is 4. The van der Waals surface area contributed by atoms with Gasteiger partial charge in [0.25, 0.3) is 0 Å². The van der Waals surface area contributed by atoms with Gasteiger partial charge in [-0.1, -0.05) is 0 Å². The second-order valence-electron chi connectivity index (χ2n) is 5.78. The van der Waals surface area contributed by atoms with Crippen molar-refractivity contribution in [1.29, 1.82) is 0 Å². The van der Waals surface area contributed by atoms with Crippen LogP contribution < -0.4 is 0 Å². The molecule has 2 fully saturated rings. The fraction of sp³-hybridized carbons (Fsp3) is 0.533. The molecule has 0 unspecified atom stereocenters. The molecule has 1 aliphatic heterocycles. The molecule has 4 rings (SSSR count). The predicted octanol–water partition coefficient (Wildman–Crippen LogP) is 2.17. The summed E-state index contributed by atoms with van der Waals surface area (Å²) in [6, 6.07) is 2.38. The van der Waals surface area contributed by atoms with Crippen LogP contribution >= 0.6 is 0 Å². The van der Waals surface area contributed by atoms with Gasteiger partial charge in [0.1, 0.15) is 5.82 Å². The molecule has 3 heterocycles. The molecule has 20 heavy (non-hydrogen) atoms. The first kappa shape index (κ1) is 12.0. The first-order chi connectivity index (χ1) is 9.81. The maximum atomic E-state index is 5.31. The third kappa shape index (κ3) is 2.12. The Morgan fingerprint density at radius 1 is 1.35 bits per heavy atom. The van der Waals surface area contributed by atoms with Crippen molar-refractivity contribution < 1.29 is 4.74 Å². The van der Waals surface area contributed by atoms with Crippen molar-refractivity contribution in [2.75, 3.05) is 13.2 Å². The van der Waals surface area contributed by atoms with Crippen LogP contribution in [0.5, 0.6) is 0 Å². The van der Waals surface area contributed by atoms with Crippen LogP contribution in [0.15, 0.2) is 18.5 Å². The molecule has 2 aromatic rings. The Kier molecular flexibility index (Phi) is 2.80. The lowest BCUT2D eigenvalue weighted by atomic mass is 10.1. The number of rotatable bonds is 4. The van der Waals surface area contributed by atoms with Crippen LogP contribution in [-0.2, 0) is 11.2 Å². The second kappa shape index (κ2) is 4.66. The molecule has 0 spiro atoms. The van der Waals surface area contributed by atoms with Crippen LogP contribution in [0.4, 0.5) is 0 Å². The van der Waals surface area contributed by atoms with Gasteiger partial charge in [0, 0.05) is 17.5 Å². The van der Waals surface area contributed by atoms with E-state index in [4.69, 9.17) is 4.74 Å². The highest BCUT2D eigenvalue weighted by molar-refractivity contribution is 5.61. The Morgan fingerprint density at radius 2 is 2.20 bits per heavy atom. The van der Waals surface area contributed by atoms with E-state index in [0.29, 0.717) is 6.04 Å².